The zero-order valence-electron chi connectivity index (χ0n) is 8.63. The molecular weight excluding hydrogens is 202 g/mol. The molecule has 0 saturated carbocycles. The average Bonchev–Trinajstić information content (AvgIpc) is 2.32. The summed E-state index contributed by atoms with van der Waals surface area (Å²) >= 11 is 0. The number of hydrogen-bond donors (Lipinski definition) is 1. The molecule has 16 heavy (non-hydrogen) atoms. The highest BCUT2D eigenvalue weighted by Gasteiger charge is 2.02. The van der Waals surface area contributed by atoms with Gasteiger partial charge in [0.05, 0.1) is 0 Å². The molecule has 0 amide bonds. The van der Waals surface area contributed by atoms with Crippen LogP contribution in [0.1, 0.15) is 21.7 Å². The summed E-state index contributed by atoms with van der Waals surface area (Å²) in [6.45, 7) is 0. The van der Waals surface area contributed by atoms with Gasteiger partial charge in [-0.15, -0.1) is 0 Å². The number of nitrogens with zero attached hydrogens (tertiary/aromatic N) is 2. The number of para-hydroxylation sites is 1. The van der Waals surface area contributed by atoms with E-state index < -0.39 is 0 Å². The molecule has 0 spiro atoms. The SMILES string of the molecule is Nc1ccccc1Cc1cc(C=O)ncn1. The number of hydrogen-bond acceptors (Lipinski definition) is 4. The first-order valence-electron chi connectivity index (χ1n) is 4.89. The van der Waals surface area contributed by atoms with Crippen LogP contribution in [-0.4, -0.2) is 16.3 Å². The smallest absolute Gasteiger partial charge is 0.168 e. The van der Waals surface area contributed by atoms with Crippen molar-refractivity contribution < 1.29 is 4.79 Å². The van der Waals surface area contributed by atoms with Gasteiger partial charge in [0.15, 0.2) is 6.29 Å². The first kappa shape index (κ1) is 10.3. The first-order chi connectivity index (χ1) is 7.79. The third kappa shape index (κ3) is 2.23. The lowest BCUT2D eigenvalue weighted by atomic mass is 10.1. The number of aldehydes is 1. The van der Waals surface area contributed by atoms with Gasteiger partial charge in [-0.05, 0) is 17.7 Å². The Kier molecular flexibility index (Phi) is 2.91. The van der Waals surface area contributed by atoms with Gasteiger partial charge in [0, 0.05) is 17.8 Å². The minimum atomic E-state index is 0.388. The predicted molar refractivity (Wildman–Crippen MR) is 61.1 cm³/mol. The van der Waals surface area contributed by atoms with E-state index in [1.807, 2.05) is 24.3 Å². The Labute approximate surface area is 93.2 Å². The maximum Gasteiger partial charge on any atom is 0.168 e. The van der Waals surface area contributed by atoms with Crippen LogP contribution in [-0.2, 0) is 6.42 Å². The van der Waals surface area contributed by atoms with E-state index in [1.54, 1.807) is 6.07 Å². The Morgan fingerprint density at radius 1 is 1.25 bits per heavy atom. The Balaban J connectivity index is 2.27. The number of nitrogen functional groups attached to an aromatic ring is 1. The van der Waals surface area contributed by atoms with Crippen molar-refractivity contribution in [2.45, 2.75) is 6.42 Å². The largest absolute Gasteiger partial charge is 0.398 e. The number of benzene rings is 1. The summed E-state index contributed by atoms with van der Waals surface area (Å²) in [5.41, 5.74) is 8.73. The Hall–Kier alpha value is -2.23. The van der Waals surface area contributed by atoms with E-state index in [-0.39, 0.29) is 0 Å². The van der Waals surface area contributed by atoms with Crippen LogP contribution in [0.15, 0.2) is 36.7 Å². The maximum absolute atomic E-state index is 10.6. The molecule has 1 aromatic carbocycles. The normalized spacial score (nSPS) is 10.0. The second-order valence-corrected chi connectivity index (χ2v) is 3.43. The van der Waals surface area contributed by atoms with E-state index >= 15 is 0 Å². The number of nitrogens with two attached hydrogens (primary N) is 1. The molecule has 0 aliphatic carbocycles. The number of anilines is 1. The Morgan fingerprint density at radius 3 is 2.81 bits per heavy atom. The molecule has 0 radical (unpaired) electrons. The van der Waals surface area contributed by atoms with Crippen LogP contribution in [0.25, 0.3) is 0 Å². The number of carbonyl (C=O) groups excluding carboxylic acids is 1. The Bertz CT molecular complexity index is 511. The van der Waals surface area contributed by atoms with Crippen molar-refractivity contribution in [2.75, 3.05) is 5.73 Å². The lowest BCUT2D eigenvalue weighted by molar-refractivity contribution is 0.111. The molecule has 4 heteroatoms. The van der Waals surface area contributed by atoms with Gasteiger partial charge in [-0.3, -0.25) is 4.79 Å². The van der Waals surface area contributed by atoms with Gasteiger partial charge in [0.2, 0.25) is 0 Å². The molecule has 4 nitrogen and oxygen atoms in total. The molecule has 0 unspecified atom stereocenters. The fourth-order valence-electron chi connectivity index (χ4n) is 1.47. The average molecular weight is 213 g/mol. The van der Waals surface area contributed by atoms with Crippen LogP contribution in [0.2, 0.25) is 0 Å². The van der Waals surface area contributed by atoms with Gasteiger partial charge < -0.3 is 5.73 Å². The van der Waals surface area contributed by atoms with E-state index in [2.05, 4.69) is 9.97 Å². The lowest BCUT2D eigenvalue weighted by Crippen LogP contribution is -1.99. The highest BCUT2D eigenvalue weighted by molar-refractivity contribution is 5.71. The summed E-state index contributed by atoms with van der Waals surface area (Å²) in [6.07, 6.45) is 2.70. The third-order valence-electron chi connectivity index (χ3n) is 2.29. The number of aromatic nitrogens is 2. The zero-order chi connectivity index (χ0) is 11.4. The van der Waals surface area contributed by atoms with Crippen molar-refractivity contribution in [3.8, 4) is 0 Å². The maximum atomic E-state index is 10.6. The second kappa shape index (κ2) is 4.53. The molecule has 0 aliphatic heterocycles. The van der Waals surface area contributed by atoms with Gasteiger partial charge in [-0.1, -0.05) is 18.2 Å². The highest BCUT2D eigenvalue weighted by atomic mass is 16.1. The molecule has 0 atom stereocenters. The molecule has 0 fully saturated rings. The molecule has 1 heterocycles. The third-order valence-corrected chi connectivity index (χ3v) is 2.29. The molecule has 0 saturated heterocycles. The topological polar surface area (TPSA) is 68.9 Å². The van der Waals surface area contributed by atoms with Crippen molar-refractivity contribution in [3.05, 3.63) is 53.6 Å². The van der Waals surface area contributed by atoms with Crippen LogP contribution in [0.5, 0.6) is 0 Å². The number of carbonyl (C=O) groups is 1. The minimum absolute atomic E-state index is 0.388. The van der Waals surface area contributed by atoms with Gasteiger partial charge in [-0.25, -0.2) is 9.97 Å². The van der Waals surface area contributed by atoms with Crippen LogP contribution in [0.4, 0.5) is 5.69 Å². The molecule has 80 valence electrons. The van der Waals surface area contributed by atoms with E-state index in [1.165, 1.54) is 6.33 Å². The summed E-state index contributed by atoms with van der Waals surface area (Å²) < 4.78 is 0. The molecular formula is C12H11N3O. The van der Waals surface area contributed by atoms with Crippen molar-refractivity contribution >= 4 is 12.0 Å². The van der Waals surface area contributed by atoms with Crippen molar-refractivity contribution in [2.24, 2.45) is 0 Å². The van der Waals surface area contributed by atoms with Crippen LogP contribution >= 0.6 is 0 Å². The van der Waals surface area contributed by atoms with Crippen LogP contribution in [0, 0.1) is 0 Å². The summed E-state index contributed by atoms with van der Waals surface area (Å²) in [4.78, 5) is 18.5. The van der Waals surface area contributed by atoms with Gasteiger partial charge in [0.1, 0.15) is 12.0 Å². The fourth-order valence-corrected chi connectivity index (χ4v) is 1.47. The van der Waals surface area contributed by atoms with Crippen LogP contribution < -0.4 is 5.73 Å². The molecule has 1 aromatic heterocycles. The van der Waals surface area contributed by atoms with Crippen LogP contribution in [0.3, 0.4) is 0 Å². The van der Waals surface area contributed by atoms with E-state index in [0.29, 0.717) is 18.4 Å². The summed E-state index contributed by atoms with van der Waals surface area (Å²) in [6, 6.07) is 9.26. The van der Waals surface area contributed by atoms with Gasteiger partial charge in [0.25, 0.3) is 0 Å². The lowest BCUT2D eigenvalue weighted by Gasteiger charge is -2.04. The molecule has 2 aromatic rings. The number of rotatable bonds is 3. The molecule has 2 N–H and O–H groups in total. The van der Waals surface area contributed by atoms with Crippen molar-refractivity contribution in [1.82, 2.24) is 9.97 Å². The summed E-state index contributed by atoms with van der Waals surface area (Å²) in [5, 5.41) is 0. The molecule has 2 rings (SSSR count). The van der Waals surface area contributed by atoms with E-state index in [9.17, 15) is 4.79 Å². The minimum Gasteiger partial charge on any atom is -0.398 e. The highest BCUT2D eigenvalue weighted by Crippen LogP contribution is 2.14. The first-order valence-corrected chi connectivity index (χ1v) is 4.89. The van der Waals surface area contributed by atoms with Crippen molar-refractivity contribution in [3.63, 3.8) is 0 Å². The van der Waals surface area contributed by atoms with E-state index in [4.69, 9.17) is 5.73 Å². The van der Waals surface area contributed by atoms with E-state index in [0.717, 1.165) is 16.9 Å². The van der Waals surface area contributed by atoms with Crippen molar-refractivity contribution in [1.29, 1.82) is 0 Å². The quantitative estimate of drug-likeness (QED) is 0.619. The predicted octanol–water partition coefficient (Wildman–Crippen LogP) is 1.46. The van der Waals surface area contributed by atoms with Gasteiger partial charge >= 0.3 is 0 Å². The molecule has 0 aliphatic rings. The van der Waals surface area contributed by atoms with Gasteiger partial charge in [-0.2, -0.15) is 0 Å². The monoisotopic (exact) mass is 213 g/mol. The fraction of sp³-hybridized carbons (Fsp3) is 0.0833. The zero-order valence-corrected chi connectivity index (χ0v) is 8.63. The summed E-state index contributed by atoms with van der Waals surface area (Å²) in [5.74, 6) is 0. The molecule has 0 bridgehead atoms. The summed E-state index contributed by atoms with van der Waals surface area (Å²) in [7, 11) is 0. The Morgan fingerprint density at radius 2 is 2.06 bits per heavy atom. The second-order valence-electron chi connectivity index (χ2n) is 3.43. The standard InChI is InChI=1S/C12H11N3O/c13-12-4-2-1-3-9(12)5-10-6-11(7-16)15-8-14-10/h1-4,6-8H,5,13H2.